The van der Waals surface area contributed by atoms with Gasteiger partial charge in [0.1, 0.15) is 0 Å². The highest BCUT2D eigenvalue weighted by molar-refractivity contribution is 6.41. The van der Waals surface area contributed by atoms with Gasteiger partial charge in [0.05, 0.1) is 11.7 Å². The Morgan fingerprint density at radius 3 is 2.21 bits per heavy atom. The van der Waals surface area contributed by atoms with Crippen LogP contribution >= 0.6 is 0 Å². The summed E-state index contributed by atoms with van der Waals surface area (Å²) in [4.78, 5) is 27.4. The molecule has 4 nitrogen and oxygen atoms in total. The fourth-order valence-electron chi connectivity index (χ4n) is 4.17. The maximum atomic E-state index is 12.7. The molecular formula is C25H19NO3. The van der Waals surface area contributed by atoms with Gasteiger partial charge in [0.2, 0.25) is 0 Å². The minimum Gasteiger partial charge on any atom is -0.391 e. The van der Waals surface area contributed by atoms with Gasteiger partial charge >= 0.3 is 0 Å². The summed E-state index contributed by atoms with van der Waals surface area (Å²) in [5.41, 5.74) is 4.97. The lowest BCUT2D eigenvalue weighted by molar-refractivity contribution is 0.0990. The second kappa shape index (κ2) is 6.83. The van der Waals surface area contributed by atoms with Gasteiger partial charge in [0, 0.05) is 35.5 Å². The average molecular weight is 381 g/mol. The van der Waals surface area contributed by atoms with Crippen molar-refractivity contribution in [3.8, 4) is 0 Å². The summed E-state index contributed by atoms with van der Waals surface area (Å²) >= 11 is 0. The van der Waals surface area contributed by atoms with Gasteiger partial charge < -0.3 is 10.0 Å². The van der Waals surface area contributed by atoms with Crippen molar-refractivity contribution in [1.82, 2.24) is 0 Å². The van der Waals surface area contributed by atoms with Crippen LogP contribution in [0, 0.1) is 0 Å². The number of carbonyl (C=O) groups excluding carboxylic acids is 2. The molecule has 0 fully saturated rings. The molecule has 1 N–H and O–H groups in total. The summed E-state index contributed by atoms with van der Waals surface area (Å²) in [5, 5.41) is 10.4. The van der Waals surface area contributed by atoms with E-state index < -0.39 is 6.10 Å². The first-order chi connectivity index (χ1) is 14.1. The zero-order valence-electron chi connectivity index (χ0n) is 15.7. The maximum Gasteiger partial charge on any atom is 0.197 e. The van der Waals surface area contributed by atoms with Gasteiger partial charge in [0.15, 0.2) is 11.6 Å². The number of nitrogens with zero attached hydrogens (tertiary/aromatic N) is 1. The molecule has 1 aliphatic carbocycles. The number of fused-ring (bicyclic) bond motifs is 2. The van der Waals surface area contributed by atoms with Gasteiger partial charge in [-0.05, 0) is 41.5 Å². The van der Waals surface area contributed by atoms with Gasteiger partial charge in [-0.25, -0.2) is 0 Å². The number of hydrogen-bond acceptors (Lipinski definition) is 4. The Morgan fingerprint density at radius 1 is 0.862 bits per heavy atom. The predicted octanol–water partition coefficient (Wildman–Crippen LogP) is 4.20. The lowest BCUT2D eigenvalue weighted by atomic mass is 9.95. The minimum atomic E-state index is -0.482. The highest BCUT2D eigenvalue weighted by Gasteiger charge is 2.32. The Labute approximate surface area is 168 Å². The number of allylic oxidation sites excluding steroid dienone is 1. The summed E-state index contributed by atoms with van der Waals surface area (Å²) in [6, 6.07) is 22.8. The fourth-order valence-corrected chi connectivity index (χ4v) is 4.17. The highest BCUT2D eigenvalue weighted by Crippen LogP contribution is 2.35. The molecular weight excluding hydrogens is 362 g/mol. The van der Waals surface area contributed by atoms with Gasteiger partial charge in [-0.3, -0.25) is 9.59 Å². The number of hydrogen-bond donors (Lipinski definition) is 1. The molecule has 5 rings (SSSR count). The molecule has 0 amide bonds. The van der Waals surface area contributed by atoms with Crippen molar-refractivity contribution in [2.75, 3.05) is 11.4 Å². The fraction of sp³-hybridized carbons (Fsp3) is 0.120. The van der Waals surface area contributed by atoms with Crippen LogP contribution in [0.15, 0.2) is 78.4 Å². The normalized spacial score (nSPS) is 17.9. The summed E-state index contributed by atoms with van der Waals surface area (Å²) in [5.74, 6) is -0.455. The summed E-state index contributed by atoms with van der Waals surface area (Å²) in [7, 11) is 0. The second-order valence-corrected chi connectivity index (χ2v) is 7.45. The van der Waals surface area contributed by atoms with Crippen LogP contribution in [0.5, 0.6) is 0 Å². The largest absolute Gasteiger partial charge is 0.391 e. The average Bonchev–Trinajstić information content (AvgIpc) is 2.99. The van der Waals surface area contributed by atoms with Gasteiger partial charge in [0.25, 0.3) is 0 Å². The molecule has 29 heavy (non-hydrogen) atoms. The zero-order chi connectivity index (χ0) is 20.0. The summed E-state index contributed by atoms with van der Waals surface area (Å²) in [6.07, 6.45) is 1.72. The lowest BCUT2D eigenvalue weighted by Gasteiger charge is -2.34. The number of anilines is 2. The molecule has 3 aromatic rings. The van der Waals surface area contributed by atoms with Crippen LogP contribution in [0.3, 0.4) is 0 Å². The SMILES string of the molecule is O=C1C(=Cc2ccc3c(c2)CC(O)CN3c2ccccc2)C(=O)c2ccccc21. The Bertz CT molecular complexity index is 1130. The van der Waals surface area contributed by atoms with Crippen LogP contribution < -0.4 is 4.90 Å². The standard InChI is InChI=1S/C25H19NO3/c27-19-14-17-12-16(10-11-23(17)26(15-19)18-6-2-1-3-7-18)13-22-24(28)20-8-4-5-9-21(20)25(22)29/h1-13,19,27H,14-15H2. The Hall–Kier alpha value is -3.50. The molecule has 1 heterocycles. The van der Waals surface area contributed by atoms with Gasteiger partial charge in [-0.15, -0.1) is 0 Å². The topological polar surface area (TPSA) is 57.6 Å². The third-order valence-corrected chi connectivity index (χ3v) is 5.53. The molecule has 1 aliphatic heterocycles. The van der Waals surface area contributed by atoms with E-state index in [4.69, 9.17) is 0 Å². The van der Waals surface area contributed by atoms with Crippen molar-refractivity contribution in [3.05, 3.63) is 101 Å². The minimum absolute atomic E-state index is 0.197. The van der Waals surface area contributed by atoms with Crippen LogP contribution in [0.4, 0.5) is 11.4 Å². The number of aliphatic hydroxyl groups excluding tert-OH is 1. The van der Waals surface area contributed by atoms with Crippen LogP contribution in [-0.4, -0.2) is 29.3 Å². The van der Waals surface area contributed by atoms with Crippen LogP contribution in [-0.2, 0) is 6.42 Å². The Kier molecular flexibility index (Phi) is 4.14. The second-order valence-electron chi connectivity index (χ2n) is 7.45. The third kappa shape index (κ3) is 2.98. The first-order valence-corrected chi connectivity index (χ1v) is 9.65. The molecule has 0 bridgehead atoms. The van der Waals surface area contributed by atoms with Crippen LogP contribution in [0.2, 0.25) is 0 Å². The van der Waals surface area contributed by atoms with E-state index >= 15 is 0 Å². The first kappa shape index (κ1) is 17.6. The number of benzene rings is 3. The predicted molar refractivity (Wildman–Crippen MR) is 113 cm³/mol. The number of carbonyl (C=O) groups is 2. The molecule has 0 aromatic heterocycles. The van der Waals surface area contributed by atoms with Crippen LogP contribution in [0.25, 0.3) is 6.08 Å². The molecule has 0 spiro atoms. The van der Waals surface area contributed by atoms with E-state index in [1.165, 1.54) is 0 Å². The number of β-amino-alcohol motifs (C(OH)–C–C–N with tert-alkyl or cyclic N) is 1. The number of para-hydroxylation sites is 1. The van der Waals surface area contributed by atoms with Gasteiger partial charge in [-0.2, -0.15) is 0 Å². The smallest absolute Gasteiger partial charge is 0.197 e. The number of ketones is 2. The maximum absolute atomic E-state index is 12.7. The molecule has 142 valence electrons. The molecule has 0 radical (unpaired) electrons. The number of aliphatic hydroxyl groups is 1. The Morgan fingerprint density at radius 2 is 1.52 bits per heavy atom. The summed E-state index contributed by atoms with van der Waals surface area (Å²) in [6.45, 7) is 0.531. The molecule has 4 heteroatoms. The van der Waals surface area contributed by atoms with E-state index in [1.807, 2.05) is 48.5 Å². The van der Waals surface area contributed by atoms with Crippen LogP contribution in [0.1, 0.15) is 31.8 Å². The van der Waals surface area contributed by atoms with E-state index in [0.29, 0.717) is 24.1 Å². The van der Waals surface area contributed by atoms with E-state index in [9.17, 15) is 14.7 Å². The van der Waals surface area contributed by atoms with Crippen molar-refractivity contribution in [2.24, 2.45) is 0 Å². The lowest BCUT2D eigenvalue weighted by Crippen LogP contribution is -2.35. The van der Waals surface area contributed by atoms with Crippen molar-refractivity contribution < 1.29 is 14.7 Å². The van der Waals surface area contributed by atoms with E-state index in [0.717, 1.165) is 22.5 Å². The third-order valence-electron chi connectivity index (χ3n) is 5.53. The quantitative estimate of drug-likeness (QED) is 0.534. The molecule has 1 atom stereocenters. The number of Topliss-reactive ketones (excluding diaryl/α,β-unsaturated/α-hetero) is 2. The van der Waals surface area contributed by atoms with Gasteiger partial charge in [-0.1, -0.05) is 48.5 Å². The molecule has 0 saturated carbocycles. The van der Waals surface area contributed by atoms with Crippen molar-refractivity contribution >= 4 is 29.0 Å². The molecule has 3 aromatic carbocycles. The first-order valence-electron chi connectivity index (χ1n) is 9.65. The highest BCUT2D eigenvalue weighted by atomic mass is 16.3. The van der Waals surface area contributed by atoms with E-state index in [-0.39, 0.29) is 17.1 Å². The zero-order valence-corrected chi connectivity index (χ0v) is 15.7. The summed E-state index contributed by atoms with van der Waals surface area (Å²) < 4.78 is 0. The Balaban J connectivity index is 1.53. The molecule has 2 aliphatic rings. The van der Waals surface area contributed by atoms with Crippen molar-refractivity contribution in [1.29, 1.82) is 0 Å². The number of rotatable bonds is 2. The van der Waals surface area contributed by atoms with E-state index in [1.54, 1.807) is 30.3 Å². The molecule has 0 saturated heterocycles. The monoisotopic (exact) mass is 381 g/mol. The van der Waals surface area contributed by atoms with Crippen molar-refractivity contribution in [2.45, 2.75) is 12.5 Å². The van der Waals surface area contributed by atoms with E-state index in [2.05, 4.69) is 4.90 Å². The van der Waals surface area contributed by atoms with Crippen molar-refractivity contribution in [3.63, 3.8) is 0 Å². The molecule has 1 unspecified atom stereocenters.